The van der Waals surface area contributed by atoms with Crippen molar-refractivity contribution in [1.29, 1.82) is 0 Å². The van der Waals surface area contributed by atoms with Crippen LogP contribution in [0.2, 0.25) is 0 Å². The van der Waals surface area contributed by atoms with Gasteiger partial charge in [0.05, 0.1) is 0 Å². The zero-order valence-electron chi connectivity index (χ0n) is 11.8. The highest BCUT2D eigenvalue weighted by atomic mass is 16.3. The summed E-state index contributed by atoms with van der Waals surface area (Å²) in [5, 5.41) is 9.59. The summed E-state index contributed by atoms with van der Waals surface area (Å²) in [6.45, 7) is 4.46. The minimum atomic E-state index is 0.238. The maximum atomic E-state index is 9.59. The summed E-state index contributed by atoms with van der Waals surface area (Å²) in [4.78, 5) is 0. The number of rotatable bonds is 5. The molecule has 0 atom stereocenters. The van der Waals surface area contributed by atoms with E-state index in [-0.39, 0.29) is 6.61 Å². The van der Waals surface area contributed by atoms with Crippen molar-refractivity contribution in [2.75, 3.05) is 6.61 Å². The first-order valence-electron chi connectivity index (χ1n) is 6.89. The highest BCUT2D eigenvalue weighted by Gasteiger charge is 2.10. The van der Waals surface area contributed by atoms with Crippen molar-refractivity contribution in [1.82, 2.24) is 0 Å². The number of benzene rings is 2. The van der Waals surface area contributed by atoms with E-state index in [2.05, 4.69) is 62.4 Å². The van der Waals surface area contributed by atoms with Gasteiger partial charge in [-0.25, -0.2) is 0 Å². The van der Waals surface area contributed by atoms with Crippen LogP contribution >= 0.6 is 0 Å². The molecule has 0 bridgehead atoms. The van der Waals surface area contributed by atoms with Crippen molar-refractivity contribution in [2.45, 2.75) is 26.7 Å². The van der Waals surface area contributed by atoms with E-state index in [1.165, 1.54) is 22.3 Å². The Labute approximate surface area is 115 Å². The van der Waals surface area contributed by atoms with Crippen molar-refractivity contribution in [3.63, 3.8) is 0 Å². The molecule has 1 N–H and O–H groups in total. The molecule has 2 aromatic rings. The molecule has 2 aromatic carbocycles. The fraction of sp³-hybridized carbons (Fsp3) is 0.333. The number of hydrogen-bond acceptors (Lipinski definition) is 1. The summed E-state index contributed by atoms with van der Waals surface area (Å²) in [5.74, 6) is 0.295. The summed E-state index contributed by atoms with van der Waals surface area (Å²) in [7, 11) is 0. The molecule has 2 rings (SSSR count). The zero-order chi connectivity index (χ0) is 13.7. The van der Waals surface area contributed by atoms with Gasteiger partial charge in [0.2, 0.25) is 0 Å². The first-order chi connectivity index (χ1) is 9.17. The molecule has 1 heteroatoms. The Morgan fingerprint density at radius 2 is 1.32 bits per heavy atom. The molecule has 0 saturated carbocycles. The van der Waals surface area contributed by atoms with E-state index in [9.17, 15) is 5.11 Å². The van der Waals surface area contributed by atoms with E-state index in [1.807, 2.05) is 0 Å². The maximum absolute atomic E-state index is 9.59. The second-order valence-electron chi connectivity index (χ2n) is 5.43. The molecule has 0 saturated heterocycles. The lowest BCUT2D eigenvalue weighted by Gasteiger charge is -2.15. The monoisotopic (exact) mass is 254 g/mol. The average Bonchev–Trinajstić information content (AvgIpc) is 2.38. The van der Waals surface area contributed by atoms with Crippen LogP contribution in [0.25, 0.3) is 0 Å². The van der Waals surface area contributed by atoms with E-state index >= 15 is 0 Å². The summed E-state index contributed by atoms with van der Waals surface area (Å²) < 4.78 is 0. The minimum Gasteiger partial charge on any atom is -0.396 e. The van der Waals surface area contributed by atoms with E-state index < -0.39 is 0 Å². The quantitative estimate of drug-likeness (QED) is 0.862. The van der Waals surface area contributed by atoms with Crippen LogP contribution < -0.4 is 0 Å². The Balaban J connectivity index is 2.04. The third kappa shape index (κ3) is 4.22. The molecular formula is C18H22O. The van der Waals surface area contributed by atoms with Crippen molar-refractivity contribution in [3.05, 3.63) is 70.8 Å². The van der Waals surface area contributed by atoms with Gasteiger partial charge >= 0.3 is 0 Å². The van der Waals surface area contributed by atoms with Gasteiger partial charge in [0.1, 0.15) is 0 Å². The first kappa shape index (κ1) is 13.8. The normalized spacial score (nSPS) is 10.9. The topological polar surface area (TPSA) is 20.2 Å². The van der Waals surface area contributed by atoms with E-state index in [0.29, 0.717) is 5.92 Å². The Bertz CT molecular complexity index is 483. The standard InChI is InChI=1S/C18H22O/c1-14-5-3-7-16(9-14)11-18(13-19)12-17-8-4-6-15(2)10-17/h3-10,18-19H,11-13H2,1-2H3. The molecule has 0 fully saturated rings. The van der Waals surface area contributed by atoms with Gasteiger partial charge in [-0.05, 0) is 43.7 Å². The minimum absolute atomic E-state index is 0.238. The molecule has 0 aliphatic heterocycles. The summed E-state index contributed by atoms with van der Waals surface area (Å²) in [5.41, 5.74) is 5.19. The summed E-state index contributed by atoms with van der Waals surface area (Å²) in [6.07, 6.45) is 1.87. The fourth-order valence-corrected chi connectivity index (χ4v) is 2.55. The predicted molar refractivity (Wildman–Crippen MR) is 80.3 cm³/mol. The Morgan fingerprint density at radius 1 is 0.842 bits per heavy atom. The van der Waals surface area contributed by atoms with Gasteiger partial charge in [-0.15, -0.1) is 0 Å². The molecule has 0 radical (unpaired) electrons. The third-order valence-corrected chi connectivity index (χ3v) is 3.47. The average molecular weight is 254 g/mol. The molecule has 0 aliphatic rings. The van der Waals surface area contributed by atoms with Crippen LogP contribution in [0.5, 0.6) is 0 Å². The van der Waals surface area contributed by atoms with Crippen LogP contribution in [-0.4, -0.2) is 11.7 Å². The number of hydrogen-bond donors (Lipinski definition) is 1. The Kier molecular flexibility index (Phi) is 4.75. The maximum Gasteiger partial charge on any atom is 0.0465 e. The molecule has 0 aliphatic carbocycles. The molecule has 0 heterocycles. The zero-order valence-corrected chi connectivity index (χ0v) is 11.8. The molecule has 19 heavy (non-hydrogen) atoms. The van der Waals surface area contributed by atoms with Crippen LogP contribution in [0.3, 0.4) is 0 Å². The smallest absolute Gasteiger partial charge is 0.0465 e. The van der Waals surface area contributed by atoms with Crippen LogP contribution in [0.1, 0.15) is 22.3 Å². The van der Waals surface area contributed by atoms with E-state index in [4.69, 9.17) is 0 Å². The second-order valence-corrected chi connectivity index (χ2v) is 5.43. The molecule has 0 aromatic heterocycles. The molecule has 100 valence electrons. The van der Waals surface area contributed by atoms with Gasteiger partial charge in [0, 0.05) is 6.61 Å². The van der Waals surface area contributed by atoms with Gasteiger partial charge in [0.15, 0.2) is 0 Å². The van der Waals surface area contributed by atoms with Gasteiger partial charge in [-0.3, -0.25) is 0 Å². The van der Waals surface area contributed by atoms with Crippen molar-refractivity contribution >= 4 is 0 Å². The lowest BCUT2D eigenvalue weighted by molar-refractivity contribution is 0.225. The van der Waals surface area contributed by atoms with Crippen LogP contribution in [0.15, 0.2) is 48.5 Å². The number of aliphatic hydroxyl groups is 1. The van der Waals surface area contributed by atoms with Gasteiger partial charge in [-0.2, -0.15) is 0 Å². The van der Waals surface area contributed by atoms with Gasteiger partial charge < -0.3 is 5.11 Å². The molecule has 1 nitrogen and oxygen atoms in total. The molecular weight excluding hydrogens is 232 g/mol. The second kappa shape index (κ2) is 6.53. The Morgan fingerprint density at radius 3 is 1.68 bits per heavy atom. The lowest BCUT2D eigenvalue weighted by Crippen LogP contribution is -2.13. The number of aliphatic hydroxyl groups excluding tert-OH is 1. The third-order valence-electron chi connectivity index (χ3n) is 3.47. The molecule has 0 spiro atoms. The fourth-order valence-electron chi connectivity index (χ4n) is 2.55. The largest absolute Gasteiger partial charge is 0.396 e. The van der Waals surface area contributed by atoms with E-state index in [1.54, 1.807) is 0 Å². The highest BCUT2D eigenvalue weighted by molar-refractivity contribution is 5.25. The molecule has 0 unspecified atom stereocenters. The van der Waals surface area contributed by atoms with Gasteiger partial charge in [0.25, 0.3) is 0 Å². The van der Waals surface area contributed by atoms with Crippen LogP contribution in [0, 0.1) is 19.8 Å². The van der Waals surface area contributed by atoms with E-state index in [0.717, 1.165) is 12.8 Å². The van der Waals surface area contributed by atoms with Crippen molar-refractivity contribution < 1.29 is 5.11 Å². The van der Waals surface area contributed by atoms with Crippen molar-refractivity contribution in [2.24, 2.45) is 5.92 Å². The van der Waals surface area contributed by atoms with Gasteiger partial charge in [-0.1, -0.05) is 59.7 Å². The lowest BCUT2D eigenvalue weighted by atomic mass is 9.92. The SMILES string of the molecule is Cc1cccc(CC(CO)Cc2cccc(C)c2)c1. The number of aryl methyl sites for hydroxylation is 2. The molecule has 0 amide bonds. The van der Waals surface area contributed by atoms with Crippen molar-refractivity contribution in [3.8, 4) is 0 Å². The summed E-state index contributed by atoms with van der Waals surface area (Å²) >= 11 is 0. The summed E-state index contributed by atoms with van der Waals surface area (Å²) in [6, 6.07) is 17.1. The van der Waals surface area contributed by atoms with Crippen LogP contribution in [-0.2, 0) is 12.8 Å². The van der Waals surface area contributed by atoms with Crippen LogP contribution in [0.4, 0.5) is 0 Å². The first-order valence-corrected chi connectivity index (χ1v) is 6.89. The predicted octanol–water partition coefficient (Wildman–Crippen LogP) is 3.70. The highest BCUT2D eigenvalue weighted by Crippen LogP contribution is 2.16. The Hall–Kier alpha value is -1.60.